The molecule has 1 heterocycles. The predicted octanol–water partition coefficient (Wildman–Crippen LogP) is 5.02. The summed E-state index contributed by atoms with van der Waals surface area (Å²) in [4.78, 5) is 34.9. The predicted molar refractivity (Wildman–Crippen MR) is 131 cm³/mol. The molecule has 1 aromatic heterocycles. The Hall–Kier alpha value is -4.70. The van der Waals surface area contributed by atoms with Gasteiger partial charge in [0.15, 0.2) is 0 Å². The van der Waals surface area contributed by atoms with Gasteiger partial charge in [0.25, 0.3) is 11.6 Å². The summed E-state index contributed by atoms with van der Waals surface area (Å²) in [5.74, 6) is -0.665. The monoisotopic (exact) mass is 471 g/mol. The highest BCUT2D eigenvalue weighted by Gasteiger charge is 2.13. The van der Waals surface area contributed by atoms with Gasteiger partial charge < -0.3 is 5.32 Å². The van der Waals surface area contributed by atoms with Gasteiger partial charge in [-0.2, -0.15) is 0 Å². The Balaban J connectivity index is 1.34. The minimum Gasteiger partial charge on any atom is -0.323 e. The van der Waals surface area contributed by atoms with Gasteiger partial charge in [-0.15, -0.1) is 10.2 Å². The van der Waals surface area contributed by atoms with Crippen molar-refractivity contribution in [2.24, 2.45) is 0 Å². The van der Waals surface area contributed by atoms with E-state index in [0.29, 0.717) is 27.0 Å². The molecule has 0 aliphatic rings. The summed E-state index contributed by atoms with van der Waals surface area (Å²) in [5, 5.41) is 25.0. The third kappa shape index (κ3) is 5.75. The van der Waals surface area contributed by atoms with Crippen LogP contribution in [0.15, 0.2) is 84.9 Å². The van der Waals surface area contributed by atoms with Crippen LogP contribution < -0.4 is 10.6 Å². The Morgan fingerprint density at radius 3 is 2.26 bits per heavy atom. The molecule has 9 nitrogen and oxygen atoms in total. The van der Waals surface area contributed by atoms with Crippen LogP contribution >= 0.6 is 11.3 Å². The average Bonchev–Trinajstić information content (AvgIpc) is 3.32. The van der Waals surface area contributed by atoms with Crippen molar-refractivity contribution in [2.75, 3.05) is 10.6 Å². The molecule has 10 heteroatoms. The highest BCUT2D eigenvalue weighted by atomic mass is 32.1. The second-order valence-corrected chi connectivity index (χ2v) is 7.96. The molecule has 168 valence electrons. The van der Waals surface area contributed by atoms with Crippen LogP contribution in [0, 0.1) is 10.1 Å². The van der Waals surface area contributed by atoms with E-state index in [9.17, 15) is 19.7 Å². The molecule has 0 radical (unpaired) electrons. The Morgan fingerprint density at radius 1 is 0.882 bits per heavy atom. The summed E-state index contributed by atoms with van der Waals surface area (Å²) >= 11 is 1.15. The zero-order chi connectivity index (χ0) is 23.9. The Labute approximate surface area is 197 Å². The lowest BCUT2D eigenvalue weighted by molar-refractivity contribution is -0.384. The first-order chi connectivity index (χ1) is 16.5. The number of nitrogens with zero attached hydrogens (tertiary/aromatic N) is 3. The number of non-ortho nitro benzene ring substituents is 1. The second kappa shape index (κ2) is 10.3. The summed E-state index contributed by atoms with van der Waals surface area (Å²) in [6.45, 7) is 0. The summed E-state index contributed by atoms with van der Waals surface area (Å²) in [6.07, 6.45) is 3.15. The van der Waals surface area contributed by atoms with E-state index in [0.717, 1.165) is 16.9 Å². The van der Waals surface area contributed by atoms with Crippen molar-refractivity contribution in [3.8, 4) is 10.6 Å². The van der Waals surface area contributed by atoms with Gasteiger partial charge in [0.05, 0.1) is 4.92 Å². The molecule has 0 unspecified atom stereocenters. The minimum absolute atomic E-state index is 0.0198. The van der Waals surface area contributed by atoms with Crippen molar-refractivity contribution in [3.63, 3.8) is 0 Å². The number of carbonyl (C=O) groups excluding carboxylic acids is 2. The quantitative estimate of drug-likeness (QED) is 0.221. The zero-order valence-corrected chi connectivity index (χ0v) is 18.4. The first-order valence-electron chi connectivity index (χ1n) is 10.0. The first-order valence-corrected chi connectivity index (χ1v) is 10.8. The van der Waals surface area contributed by atoms with E-state index < -0.39 is 4.92 Å². The molecule has 0 bridgehead atoms. The molecular weight excluding hydrogens is 454 g/mol. The number of anilines is 2. The van der Waals surface area contributed by atoms with Crippen molar-refractivity contribution < 1.29 is 14.5 Å². The Morgan fingerprint density at radius 2 is 1.59 bits per heavy atom. The summed E-state index contributed by atoms with van der Waals surface area (Å²) in [6, 6.07) is 21.8. The van der Waals surface area contributed by atoms with E-state index in [4.69, 9.17) is 0 Å². The van der Waals surface area contributed by atoms with Crippen LogP contribution in [0.2, 0.25) is 0 Å². The number of hydrogen-bond acceptors (Lipinski definition) is 7. The maximum absolute atomic E-state index is 12.5. The van der Waals surface area contributed by atoms with E-state index in [-0.39, 0.29) is 17.5 Å². The Kier molecular flexibility index (Phi) is 6.80. The summed E-state index contributed by atoms with van der Waals surface area (Å²) in [5.41, 5.74) is 2.48. The molecule has 2 amide bonds. The number of amides is 2. The highest BCUT2D eigenvalue weighted by molar-refractivity contribution is 7.18. The van der Waals surface area contributed by atoms with Crippen molar-refractivity contribution in [3.05, 3.63) is 106 Å². The van der Waals surface area contributed by atoms with E-state index in [2.05, 4.69) is 20.8 Å². The average molecular weight is 471 g/mol. The Bertz CT molecular complexity index is 1350. The zero-order valence-electron chi connectivity index (χ0n) is 17.5. The van der Waals surface area contributed by atoms with Crippen molar-refractivity contribution in [2.45, 2.75) is 0 Å². The number of nitro groups is 1. The van der Waals surface area contributed by atoms with Gasteiger partial charge in [-0.25, -0.2) is 0 Å². The summed E-state index contributed by atoms with van der Waals surface area (Å²) in [7, 11) is 0. The fraction of sp³-hybridized carbons (Fsp3) is 0. The van der Waals surface area contributed by atoms with Gasteiger partial charge in [0, 0.05) is 35.0 Å². The number of nitro benzene ring substituents is 1. The topological polar surface area (TPSA) is 127 Å². The van der Waals surface area contributed by atoms with Gasteiger partial charge in [-0.1, -0.05) is 41.7 Å². The van der Waals surface area contributed by atoms with Gasteiger partial charge in [-0.3, -0.25) is 25.0 Å². The molecule has 0 aliphatic heterocycles. The molecule has 34 heavy (non-hydrogen) atoms. The third-order valence-corrected chi connectivity index (χ3v) is 5.50. The number of carbonyl (C=O) groups is 2. The molecule has 3 aromatic carbocycles. The maximum Gasteiger partial charge on any atom is 0.269 e. The standard InChI is InChI=1S/C24H17N5O4S/c30-21(15-6-16-4-2-1-3-5-16)25-19-11-7-17(8-12-19)22(31)26-24-28-27-23(34-24)18-9-13-20(14-10-18)29(32)33/h1-15H,(H,25,30)(H,26,28,31)/b15-6+. The molecule has 0 saturated carbocycles. The van der Waals surface area contributed by atoms with Crippen LogP contribution in [0.5, 0.6) is 0 Å². The van der Waals surface area contributed by atoms with Crippen molar-refractivity contribution in [1.29, 1.82) is 0 Å². The first kappa shape index (κ1) is 22.5. The molecular formula is C24H17N5O4S. The highest BCUT2D eigenvalue weighted by Crippen LogP contribution is 2.28. The van der Waals surface area contributed by atoms with E-state index in [1.165, 1.54) is 18.2 Å². The lowest BCUT2D eigenvalue weighted by atomic mass is 10.2. The lowest BCUT2D eigenvalue weighted by Gasteiger charge is -2.04. The molecule has 0 atom stereocenters. The molecule has 2 N–H and O–H groups in total. The van der Waals surface area contributed by atoms with Crippen LogP contribution in [0.25, 0.3) is 16.6 Å². The van der Waals surface area contributed by atoms with Crippen molar-refractivity contribution >= 4 is 45.7 Å². The van der Waals surface area contributed by atoms with Crippen LogP contribution in [0.3, 0.4) is 0 Å². The minimum atomic E-state index is -0.479. The largest absolute Gasteiger partial charge is 0.323 e. The lowest BCUT2D eigenvalue weighted by Crippen LogP contribution is -2.12. The fourth-order valence-corrected chi connectivity index (χ4v) is 3.65. The molecule has 0 fully saturated rings. The van der Waals surface area contributed by atoms with Crippen molar-refractivity contribution in [1.82, 2.24) is 10.2 Å². The number of benzene rings is 3. The smallest absolute Gasteiger partial charge is 0.269 e. The number of nitrogens with one attached hydrogen (secondary N) is 2. The molecule has 4 aromatic rings. The normalized spacial score (nSPS) is 10.7. The van der Waals surface area contributed by atoms with Gasteiger partial charge in [0.2, 0.25) is 11.0 Å². The van der Waals surface area contributed by atoms with E-state index >= 15 is 0 Å². The third-order valence-electron chi connectivity index (χ3n) is 4.61. The van der Waals surface area contributed by atoms with Crippen LogP contribution in [-0.4, -0.2) is 26.9 Å². The van der Waals surface area contributed by atoms with Gasteiger partial charge in [0.1, 0.15) is 5.01 Å². The SMILES string of the molecule is O=C(/C=C/c1ccccc1)Nc1ccc(C(=O)Nc2nnc(-c3ccc([N+](=O)[O-])cc3)s2)cc1. The number of hydrogen-bond donors (Lipinski definition) is 2. The van der Waals surface area contributed by atoms with Gasteiger partial charge >= 0.3 is 0 Å². The van der Waals surface area contributed by atoms with E-state index in [1.807, 2.05) is 30.3 Å². The maximum atomic E-state index is 12.5. The second-order valence-electron chi connectivity index (χ2n) is 6.98. The number of rotatable bonds is 7. The molecule has 0 spiro atoms. The van der Waals surface area contributed by atoms with Crippen LogP contribution in [0.4, 0.5) is 16.5 Å². The molecule has 0 saturated heterocycles. The summed E-state index contributed by atoms with van der Waals surface area (Å²) < 4.78 is 0. The molecule has 0 aliphatic carbocycles. The van der Waals surface area contributed by atoms with Gasteiger partial charge in [-0.05, 0) is 48.0 Å². The van der Waals surface area contributed by atoms with Crippen LogP contribution in [-0.2, 0) is 4.79 Å². The number of aromatic nitrogens is 2. The van der Waals surface area contributed by atoms with E-state index in [1.54, 1.807) is 42.5 Å². The van der Waals surface area contributed by atoms with Crippen LogP contribution in [0.1, 0.15) is 15.9 Å². The fourth-order valence-electron chi connectivity index (χ4n) is 2.91. The molecule has 4 rings (SSSR count).